The number of aromatic nitrogens is 2. The van der Waals surface area contributed by atoms with E-state index in [9.17, 15) is 9.90 Å². The van der Waals surface area contributed by atoms with Crippen LogP contribution >= 0.6 is 0 Å². The Morgan fingerprint density at radius 3 is 2.88 bits per heavy atom. The van der Waals surface area contributed by atoms with Crippen LogP contribution < -0.4 is 0 Å². The van der Waals surface area contributed by atoms with E-state index in [-0.39, 0.29) is 0 Å². The van der Waals surface area contributed by atoms with Gasteiger partial charge in [0, 0.05) is 12.1 Å². The standard InChI is InChI=1S/C12H12N2O2/c15-12(16)11-10(8-4-3-5-8)13-9-6-1-2-7-14(9)11/h1-2,6-8H,3-5H2,(H,15,16). The highest BCUT2D eigenvalue weighted by Crippen LogP contribution is 2.37. The molecule has 1 aliphatic rings. The highest BCUT2D eigenvalue weighted by atomic mass is 16.4. The molecule has 1 fully saturated rings. The van der Waals surface area contributed by atoms with Gasteiger partial charge in [-0.05, 0) is 25.0 Å². The summed E-state index contributed by atoms with van der Waals surface area (Å²) in [6.07, 6.45) is 5.06. The van der Waals surface area contributed by atoms with Crippen LogP contribution in [0.4, 0.5) is 0 Å². The maximum Gasteiger partial charge on any atom is 0.354 e. The molecule has 4 heteroatoms. The lowest BCUT2D eigenvalue weighted by atomic mass is 9.82. The van der Waals surface area contributed by atoms with Crippen LogP contribution in [0.3, 0.4) is 0 Å². The normalized spacial score (nSPS) is 16.2. The minimum atomic E-state index is -0.888. The summed E-state index contributed by atoms with van der Waals surface area (Å²) in [5.41, 5.74) is 1.81. The van der Waals surface area contributed by atoms with Crippen molar-refractivity contribution in [2.24, 2.45) is 0 Å². The molecule has 2 aromatic rings. The van der Waals surface area contributed by atoms with E-state index in [0.29, 0.717) is 11.6 Å². The molecule has 0 unspecified atom stereocenters. The third kappa shape index (κ3) is 1.23. The van der Waals surface area contributed by atoms with Crippen molar-refractivity contribution in [2.45, 2.75) is 25.2 Å². The van der Waals surface area contributed by atoms with Crippen molar-refractivity contribution in [2.75, 3.05) is 0 Å². The van der Waals surface area contributed by atoms with E-state index in [4.69, 9.17) is 0 Å². The average Bonchev–Trinajstić information content (AvgIpc) is 2.53. The Morgan fingerprint density at radius 1 is 1.44 bits per heavy atom. The Kier molecular flexibility index (Phi) is 1.96. The number of carboxylic acid groups (broad SMARTS) is 1. The van der Waals surface area contributed by atoms with Gasteiger partial charge in [0.05, 0.1) is 5.69 Å². The summed E-state index contributed by atoms with van der Waals surface area (Å²) < 4.78 is 1.66. The molecule has 0 atom stereocenters. The van der Waals surface area contributed by atoms with Gasteiger partial charge < -0.3 is 5.11 Å². The first kappa shape index (κ1) is 9.39. The van der Waals surface area contributed by atoms with Crippen molar-refractivity contribution in [1.29, 1.82) is 0 Å². The van der Waals surface area contributed by atoms with Crippen LogP contribution in [-0.4, -0.2) is 20.5 Å². The molecule has 2 heterocycles. The Hall–Kier alpha value is -1.84. The van der Waals surface area contributed by atoms with Gasteiger partial charge in [0.1, 0.15) is 5.65 Å². The predicted octanol–water partition coefficient (Wildman–Crippen LogP) is 2.30. The second-order valence-corrected chi connectivity index (χ2v) is 4.21. The number of imidazole rings is 1. The maximum absolute atomic E-state index is 11.3. The van der Waals surface area contributed by atoms with Gasteiger partial charge in [-0.3, -0.25) is 4.40 Å². The minimum absolute atomic E-state index is 0.334. The molecular formula is C12H12N2O2. The largest absolute Gasteiger partial charge is 0.477 e. The molecule has 16 heavy (non-hydrogen) atoms. The van der Waals surface area contributed by atoms with E-state index in [1.165, 1.54) is 6.42 Å². The highest BCUT2D eigenvalue weighted by Gasteiger charge is 2.29. The van der Waals surface area contributed by atoms with Crippen LogP contribution in [0.2, 0.25) is 0 Å². The molecule has 0 amide bonds. The summed E-state index contributed by atoms with van der Waals surface area (Å²) in [6, 6.07) is 5.54. The summed E-state index contributed by atoms with van der Waals surface area (Å²) in [4.78, 5) is 15.7. The first-order valence-corrected chi connectivity index (χ1v) is 5.47. The highest BCUT2D eigenvalue weighted by molar-refractivity contribution is 5.88. The third-order valence-corrected chi connectivity index (χ3v) is 3.25. The number of carboxylic acids is 1. The molecule has 2 aromatic heterocycles. The second-order valence-electron chi connectivity index (χ2n) is 4.21. The first-order valence-electron chi connectivity index (χ1n) is 5.47. The van der Waals surface area contributed by atoms with Crippen molar-refractivity contribution in [3.8, 4) is 0 Å². The quantitative estimate of drug-likeness (QED) is 0.838. The molecule has 4 nitrogen and oxygen atoms in total. The van der Waals surface area contributed by atoms with Gasteiger partial charge in [-0.1, -0.05) is 12.5 Å². The predicted molar refractivity (Wildman–Crippen MR) is 58.7 cm³/mol. The molecule has 3 rings (SSSR count). The number of carbonyl (C=O) groups is 1. The summed E-state index contributed by atoms with van der Waals surface area (Å²) >= 11 is 0. The molecule has 0 spiro atoms. The smallest absolute Gasteiger partial charge is 0.354 e. The number of rotatable bonds is 2. The van der Waals surface area contributed by atoms with Crippen molar-refractivity contribution in [3.05, 3.63) is 35.8 Å². The van der Waals surface area contributed by atoms with Crippen molar-refractivity contribution >= 4 is 11.6 Å². The molecule has 0 aliphatic heterocycles. The molecule has 82 valence electrons. The van der Waals surface area contributed by atoms with Gasteiger partial charge >= 0.3 is 5.97 Å². The molecule has 1 saturated carbocycles. The van der Waals surface area contributed by atoms with Crippen molar-refractivity contribution < 1.29 is 9.90 Å². The van der Waals surface area contributed by atoms with Crippen LogP contribution in [0.1, 0.15) is 41.4 Å². The van der Waals surface area contributed by atoms with Crippen LogP contribution in [-0.2, 0) is 0 Å². The topological polar surface area (TPSA) is 54.6 Å². The average molecular weight is 216 g/mol. The Morgan fingerprint density at radius 2 is 2.25 bits per heavy atom. The number of nitrogens with zero attached hydrogens (tertiary/aromatic N) is 2. The van der Waals surface area contributed by atoms with Gasteiger partial charge in [0.25, 0.3) is 0 Å². The van der Waals surface area contributed by atoms with E-state index in [1.54, 1.807) is 10.6 Å². The number of hydrogen-bond acceptors (Lipinski definition) is 2. The van der Waals surface area contributed by atoms with Crippen molar-refractivity contribution in [1.82, 2.24) is 9.38 Å². The van der Waals surface area contributed by atoms with E-state index in [1.807, 2.05) is 18.2 Å². The molecule has 1 N–H and O–H groups in total. The lowest BCUT2D eigenvalue weighted by Crippen LogP contribution is -2.14. The van der Waals surface area contributed by atoms with Crippen LogP contribution in [0.15, 0.2) is 24.4 Å². The van der Waals surface area contributed by atoms with Crippen LogP contribution in [0.5, 0.6) is 0 Å². The van der Waals surface area contributed by atoms with E-state index in [2.05, 4.69) is 4.98 Å². The van der Waals surface area contributed by atoms with Gasteiger partial charge in [-0.25, -0.2) is 9.78 Å². The molecule has 0 bridgehead atoms. The zero-order chi connectivity index (χ0) is 11.1. The zero-order valence-corrected chi connectivity index (χ0v) is 8.76. The van der Waals surface area contributed by atoms with Crippen molar-refractivity contribution in [3.63, 3.8) is 0 Å². The lowest BCUT2D eigenvalue weighted by molar-refractivity contribution is 0.0686. The Balaban J connectivity index is 2.25. The van der Waals surface area contributed by atoms with Gasteiger partial charge in [0.2, 0.25) is 0 Å². The van der Waals surface area contributed by atoms with E-state index in [0.717, 1.165) is 24.2 Å². The number of fused-ring (bicyclic) bond motifs is 1. The lowest BCUT2D eigenvalue weighted by Gasteiger charge is -2.23. The molecule has 0 radical (unpaired) electrons. The fraction of sp³-hybridized carbons (Fsp3) is 0.333. The molecule has 1 aliphatic carbocycles. The third-order valence-electron chi connectivity index (χ3n) is 3.25. The van der Waals surface area contributed by atoms with Gasteiger partial charge in [0.15, 0.2) is 5.69 Å². The van der Waals surface area contributed by atoms with E-state index >= 15 is 0 Å². The van der Waals surface area contributed by atoms with E-state index < -0.39 is 5.97 Å². The molecular weight excluding hydrogens is 204 g/mol. The zero-order valence-electron chi connectivity index (χ0n) is 8.76. The fourth-order valence-electron chi connectivity index (χ4n) is 2.19. The van der Waals surface area contributed by atoms with Crippen LogP contribution in [0.25, 0.3) is 5.65 Å². The van der Waals surface area contributed by atoms with Gasteiger partial charge in [-0.2, -0.15) is 0 Å². The maximum atomic E-state index is 11.3. The Labute approximate surface area is 92.5 Å². The monoisotopic (exact) mass is 216 g/mol. The van der Waals surface area contributed by atoms with Gasteiger partial charge in [-0.15, -0.1) is 0 Å². The number of aromatic carboxylic acids is 1. The minimum Gasteiger partial charge on any atom is -0.477 e. The number of hydrogen-bond donors (Lipinski definition) is 1. The summed E-state index contributed by atoms with van der Waals surface area (Å²) in [7, 11) is 0. The summed E-state index contributed by atoms with van der Waals surface area (Å²) in [5.74, 6) is -0.549. The first-order chi connectivity index (χ1) is 7.77. The molecule has 0 aromatic carbocycles. The summed E-state index contributed by atoms with van der Waals surface area (Å²) in [6.45, 7) is 0. The number of pyridine rings is 1. The Bertz CT molecular complexity index is 555. The molecule has 0 saturated heterocycles. The SMILES string of the molecule is O=C(O)c1c(C2CCC2)nc2ccccn12. The summed E-state index contributed by atoms with van der Waals surface area (Å²) in [5, 5.41) is 9.26. The van der Waals surface area contributed by atoms with Crippen LogP contribution in [0, 0.1) is 0 Å². The second kappa shape index (κ2) is 3.33. The fourth-order valence-corrected chi connectivity index (χ4v) is 2.19.